The number of thioether (sulfide) groups is 1. The third kappa shape index (κ3) is 5.06. The van der Waals surface area contributed by atoms with E-state index in [1.807, 2.05) is 24.3 Å². The molecule has 1 saturated heterocycles. The second kappa shape index (κ2) is 11.1. The van der Waals surface area contributed by atoms with Gasteiger partial charge in [0.05, 0.1) is 21.6 Å². The van der Waals surface area contributed by atoms with Gasteiger partial charge in [0.25, 0.3) is 5.69 Å². The summed E-state index contributed by atoms with van der Waals surface area (Å²) < 4.78 is 2.16. The fourth-order valence-corrected chi connectivity index (χ4v) is 8.30. The first-order chi connectivity index (χ1) is 20.1. The smallest absolute Gasteiger partial charge is 0.308 e. The summed E-state index contributed by atoms with van der Waals surface area (Å²) >= 11 is 11.4. The summed E-state index contributed by atoms with van der Waals surface area (Å²) in [6.45, 7) is -0.293. The maximum atomic E-state index is 13.9. The van der Waals surface area contributed by atoms with Crippen molar-refractivity contribution in [2.75, 3.05) is 10.2 Å². The molecule has 212 valence electrons. The Morgan fingerprint density at radius 3 is 2.29 bits per heavy atom. The van der Waals surface area contributed by atoms with Crippen molar-refractivity contribution < 1.29 is 19.3 Å². The van der Waals surface area contributed by atoms with Crippen LogP contribution >= 0.6 is 50.6 Å². The molecule has 2 aliphatic rings. The molecule has 0 aliphatic carbocycles. The molecule has 3 heterocycles. The van der Waals surface area contributed by atoms with Crippen molar-refractivity contribution in [3.63, 3.8) is 0 Å². The lowest BCUT2D eigenvalue weighted by molar-refractivity contribution is -0.384. The highest BCUT2D eigenvalue weighted by Gasteiger charge is 2.56. The standard InChI is InChI=1S/C28H18BrClN4O6S2/c29-15-3-1-14(2-4-15)21-22-23(26(37)33(25(22)36)18-9-11-19(12-10-18)34(39)40)41-27-24(21)42-28(38)32(27)13-20(35)31-17-7-5-16(30)6-8-17/h1-12,21-23H,13H2,(H,31,35)/t21-,22-,23+/m0/s1. The van der Waals surface area contributed by atoms with Crippen LogP contribution in [0, 0.1) is 16.0 Å². The van der Waals surface area contributed by atoms with E-state index in [4.69, 9.17) is 11.6 Å². The first-order valence-electron chi connectivity index (χ1n) is 12.5. The van der Waals surface area contributed by atoms with Crippen molar-refractivity contribution in [3.05, 3.63) is 113 Å². The van der Waals surface area contributed by atoms with Crippen LogP contribution in [0.15, 0.2) is 87.1 Å². The van der Waals surface area contributed by atoms with Crippen LogP contribution in [0.5, 0.6) is 0 Å². The number of hydrogen-bond acceptors (Lipinski definition) is 8. The van der Waals surface area contributed by atoms with Gasteiger partial charge in [0.2, 0.25) is 17.7 Å². The molecule has 0 unspecified atom stereocenters. The SMILES string of the molecule is O=C(Cn1c2c(sc1=O)[C@@H](c1ccc(Br)cc1)[C@@H]1C(=O)N(c3ccc([N+](=O)[O-])cc3)C(=O)[C@@H]1S2)Nc1ccc(Cl)cc1. The van der Waals surface area contributed by atoms with Crippen LogP contribution in [0.25, 0.3) is 0 Å². The number of anilines is 2. The minimum Gasteiger partial charge on any atom is -0.325 e. The highest BCUT2D eigenvalue weighted by atomic mass is 79.9. The summed E-state index contributed by atoms with van der Waals surface area (Å²) in [5.74, 6) is -2.85. The van der Waals surface area contributed by atoms with E-state index >= 15 is 0 Å². The number of aromatic nitrogens is 1. The Hall–Kier alpha value is -3.78. The van der Waals surface area contributed by atoms with Gasteiger partial charge in [0.15, 0.2) is 0 Å². The largest absolute Gasteiger partial charge is 0.325 e. The zero-order chi connectivity index (χ0) is 29.7. The number of hydrogen-bond donors (Lipinski definition) is 1. The molecule has 2 aliphatic heterocycles. The van der Waals surface area contributed by atoms with Crippen LogP contribution < -0.4 is 15.1 Å². The van der Waals surface area contributed by atoms with E-state index in [-0.39, 0.29) is 22.8 Å². The number of nitrogens with one attached hydrogen (secondary N) is 1. The Labute approximate surface area is 259 Å². The van der Waals surface area contributed by atoms with Crippen molar-refractivity contribution in [1.82, 2.24) is 4.57 Å². The van der Waals surface area contributed by atoms with Crippen molar-refractivity contribution in [1.29, 1.82) is 0 Å². The fourth-order valence-electron chi connectivity index (χ4n) is 5.14. The molecule has 3 aromatic carbocycles. The van der Waals surface area contributed by atoms with Gasteiger partial charge in [-0.3, -0.25) is 33.9 Å². The van der Waals surface area contributed by atoms with E-state index in [9.17, 15) is 29.3 Å². The number of fused-ring (bicyclic) bond motifs is 2. The molecule has 3 amide bonds. The lowest BCUT2D eigenvalue weighted by Crippen LogP contribution is -2.33. The number of non-ortho nitro benzene ring substituents is 1. The molecule has 0 spiro atoms. The van der Waals surface area contributed by atoms with E-state index in [2.05, 4.69) is 21.2 Å². The molecule has 0 bridgehead atoms. The summed E-state index contributed by atoms with van der Waals surface area (Å²) in [7, 11) is 0. The molecule has 0 saturated carbocycles. The van der Waals surface area contributed by atoms with E-state index in [1.165, 1.54) is 28.8 Å². The molecule has 3 atom stereocenters. The van der Waals surface area contributed by atoms with E-state index in [0.29, 0.717) is 20.6 Å². The Morgan fingerprint density at radius 1 is 0.976 bits per heavy atom. The number of halogens is 2. The van der Waals surface area contributed by atoms with Gasteiger partial charge in [-0.15, -0.1) is 0 Å². The van der Waals surface area contributed by atoms with Crippen LogP contribution in [0.3, 0.4) is 0 Å². The quantitative estimate of drug-likeness (QED) is 0.157. The molecule has 0 radical (unpaired) electrons. The van der Waals surface area contributed by atoms with Crippen LogP contribution in [0.4, 0.5) is 17.1 Å². The first-order valence-corrected chi connectivity index (χ1v) is 15.3. The second-order valence-corrected chi connectivity index (χ2v) is 13.0. The Balaban J connectivity index is 1.39. The minimum atomic E-state index is -0.881. The molecule has 1 fully saturated rings. The molecule has 10 nitrogen and oxygen atoms in total. The third-order valence-electron chi connectivity index (χ3n) is 7.03. The normalized spacial score (nSPS) is 19.4. The molecule has 42 heavy (non-hydrogen) atoms. The number of amides is 3. The highest BCUT2D eigenvalue weighted by Crippen LogP contribution is 2.54. The number of imide groups is 1. The van der Waals surface area contributed by atoms with Crippen LogP contribution in [0.1, 0.15) is 16.4 Å². The summed E-state index contributed by atoms with van der Waals surface area (Å²) in [5, 5.41) is 14.0. The van der Waals surface area contributed by atoms with E-state index < -0.39 is 39.7 Å². The van der Waals surface area contributed by atoms with Gasteiger partial charge >= 0.3 is 4.87 Å². The number of nitrogens with zero attached hydrogens (tertiary/aromatic N) is 3. The van der Waals surface area contributed by atoms with Crippen molar-refractivity contribution in [2.45, 2.75) is 22.7 Å². The number of thiazole rings is 1. The molecule has 1 N–H and O–H groups in total. The van der Waals surface area contributed by atoms with Crippen LogP contribution in [0.2, 0.25) is 5.02 Å². The van der Waals surface area contributed by atoms with Gasteiger partial charge in [-0.2, -0.15) is 0 Å². The van der Waals surface area contributed by atoms with Gasteiger partial charge in [-0.05, 0) is 54.1 Å². The van der Waals surface area contributed by atoms with Crippen molar-refractivity contribution in [3.8, 4) is 0 Å². The minimum absolute atomic E-state index is 0.166. The highest BCUT2D eigenvalue weighted by molar-refractivity contribution is 9.10. The van der Waals surface area contributed by atoms with Crippen molar-refractivity contribution >= 4 is 85.4 Å². The summed E-state index contributed by atoms with van der Waals surface area (Å²) in [4.78, 5) is 65.8. The maximum Gasteiger partial charge on any atom is 0.308 e. The molecule has 14 heteroatoms. The predicted molar refractivity (Wildman–Crippen MR) is 163 cm³/mol. The van der Waals surface area contributed by atoms with Gasteiger partial charge in [0.1, 0.15) is 11.8 Å². The average Bonchev–Trinajstić information content (AvgIpc) is 3.41. The number of nitro benzene ring substituents is 1. The van der Waals surface area contributed by atoms with E-state index in [1.54, 1.807) is 24.3 Å². The van der Waals surface area contributed by atoms with E-state index in [0.717, 1.165) is 38.0 Å². The zero-order valence-electron chi connectivity index (χ0n) is 21.2. The lowest BCUT2D eigenvalue weighted by atomic mass is 9.83. The topological polar surface area (TPSA) is 132 Å². The summed E-state index contributed by atoms with van der Waals surface area (Å²) in [5.41, 5.74) is 1.31. The average molecular weight is 686 g/mol. The number of carbonyl (C=O) groups is 3. The van der Waals surface area contributed by atoms with Gasteiger partial charge < -0.3 is 5.32 Å². The molecular formula is C28H18BrClN4O6S2. The number of nitro groups is 1. The Kier molecular flexibility index (Phi) is 7.51. The van der Waals surface area contributed by atoms with Gasteiger partial charge in [-0.25, -0.2) is 4.90 Å². The van der Waals surface area contributed by atoms with Crippen LogP contribution in [-0.2, 0) is 20.9 Å². The number of benzene rings is 3. The second-order valence-electron chi connectivity index (χ2n) is 9.56. The summed E-state index contributed by atoms with van der Waals surface area (Å²) in [6.07, 6.45) is 0. The van der Waals surface area contributed by atoms with Crippen molar-refractivity contribution in [2.24, 2.45) is 5.92 Å². The number of rotatable bonds is 6. The Bertz CT molecular complexity index is 1810. The first kappa shape index (κ1) is 28.3. The molecule has 6 rings (SSSR count). The zero-order valence-corrected chi connectivity index (χ0v) is 25.2. The number of carbonyl (C=O) groups excluding carboxylic acids is 3. The van der Waals surface area contributed by atoms with Gasteiger partial charge in [-0.1, -0.05) is 62.8 Å². The summed E-state index contributed by atoms with van der Waals surface area (Å²) in [6, 6.07) is 19.1. The fraction of sp³-hybridized carbons (Fsp3) is 0.143. The van der Waals surface area contributed by atoms with Gasteiger partial charge in [0, 0.05) is 38.1 Å². The predicted octanol–water partition coefficient (Wildman–Crippen LogP) is 5.67. The third-order valence-corrected chi connectivity index (χ3v) is 10.4. The van der Waals surface area contributed by atoms with Crippen LogP contribution in [-0.4, -0.2) is 32.5 Å². The molecule has 4 aromatic rings. The maximum absolute atomic E-state index is 13.9. The molecular weight excluding hydrogens is 668 g/mol. The lowest BCUT2D eigenvalue weighted by Gasteiger charge is -2.30. The monoisotopic (exact) mass is 684 g/mol. The Morgan fingerprint density at radius 2 is 1.64 bits per heavy atom. The molecule has 1 aromatic heterocycles.